The van der Waals surface area contributed by atoms with Gasteiger partial charge in [-0.05, 0) is 24.3 Å². The summed E-state index contributed by atoms with van der Waals surface area (Å²) in [6.07, 6.45) is 0. The number of halogens is 1. The fourth-order valence-electron chi connectivity index (χ4n) is 0.900. The highest BCUT2D eigenvalue weighted by atomic mass is 32.2. The molecule has 0 spiro atoms. The van der Waals surface area contributed by atoms with E-state index in [-0.39, 0.29) is 9.79 Å². The van der Waals surface area contributed by atoms with Crippen molar-refractivity contribution in [2.24, 2.45) is 5.14 Å². The van der Waals surface area contributed by atoms with E-state index >= 15 is 0 Å². The molecule has 0 atom stereocenters. The Labute approximate surface area is 86.7 Å². The second-order valence-electron chi connectivity index (χ2n) is 2.74. The molecule has 0 aliphatic carbocycles. The van der Waals surface area contributed by atoms with Crippen LogP contribution in [0.25, 0.3) is 0 Å². The lowest BCUT2D eigenvalue weighted by Gasteiger charge is -2.01. The number of sulfonamides is 1. The van der Waals surface area contributed by atoms with Gasteiger partial charge in [0.2, 0.25) is 19.9 Å². The summed E-state index contributed by atoms with van der Waals surface area (Å²) in [7, 11) is -7.82. The molecule has 5 nitrogen and oxygen atoms in total. The van der Waals surface area contributed by atoms with Gasteiger partial charge in [0.1, 0.15) is 0 Å². The van der Waals surface area contributed by atoms with Crippen molar-refractivity contribution in [3.8, 4) is 0 Å². The van der Waals surface area contributed by atoms with Crippen molar-refractivity contribution >= 4 is 19.9 Å². The van der Waals surface area contributed by atoms with E-state index in [2.05, 4.69) is 0 Å². The zero-order valence-electron chi connectivity index (χ0n) is 7.42. The van der Waals surface area contributed by atoms with E-state index in [0.717, 1.165) is 24.3 Å². The van der Waals surface area contributed by atoms with Crippen molar-refractivity contribution in [1.82, 2.24) is 0 Å². The number of alkyl halides is 1. The maximum absolute atomic E-state index is 12.1. The van der Waals surface area contributed by atoms with Crippen LogP contribution >= 0.6 is 0 Å². The molecule has 0 amide bonds. The van der Waals surface area contributed by atoms with Gasteiger partial charge in [-0.1, -0.05) is 0 Å². The van der Waals surface area contributed by atoms with E-state index in [1.807, 2.05) is 0 Å². The lowest BCUT2D eigenvalue weighted by molar-refractivity contribution is 0.534. The molecule has 84 valence electrons. The third-order valence-corrected chi connectivity index (χ3v) is 3.86. The number of benzene rings is 1. The van der Waals surface area contributed by atoms with Gasteiger partial charge in [-0.3, -0.25) is 0 Å². The van der Waals surface area contributed by atoms with Gasteiger partial charge >= 0.3 is 0 Å². The van der Waals surface area contributed by atoms with Crippen molar-refractivity contribution < 1.29 is 21.2 Å². The molecule has 1 aromatic carbocycles. The normalized spacial score (nSPS) is 12.7. The highest BCUT2D eigenvalue weighted by Gasteiger charge is 2.15. The summed E-state index contributed by atoms with van der Waals surface area (Å²) in [5.41, 5.74) is 0. The molecule has 0 fully saturated rings. The number of hydrogen-bond acceptors (Lipinski definition) is 4. The zero-order valence-corrected chi connectivity index (χ0v) is 9.05. The van der Waals surface area contributed by atoms with Gasteiger partial charge in [-0.25, -0.2) is 26.4 Å². The Kier molecular flexibility index (Phi) is 3.12. The van der Waals surface area contributed by atoms with Crippen LogP contribution in [0.15, 0.2) is 34.1 Å². The molecule has 0 aliphatic heterocycles. The lowest BCUT2D eigenvalue weighted by atomic mass is 10.4. The Morgan fingerprint density at radius 3 is 1.73 bits per heavy atom. The molecule has 0 saturated carbocycles. The molecule has 0 aliphatic rings. The van der Waals surface area contributed by atoms with Gasteiger partial charge < -0.3 is 0 Å². The second kappa shape index (κ2) is 3.87. The predicted molar refractivity (Wildman–Crippen MR) is 51.0 cm³/mol. The van der Waals surface area contributed by atoms with E-state index in [1.165, 1.54) is 0 Å². The van der Waals surface area contributed by atoms with Crippen LogP contribution in [0.3, 0.4) is 0 Å². The summed E-state index contributed by atoms with van der Waals surface area (Å²) in [5.74, 6) is 0. The van der Waals surface area contributed by atoms with E-state index < -0.39 is 25.9 Å². The summed E-state index contributed by atoms with van der Waals surface area (Å²) in [4.78, 5) is -0.502. The lowest BCUT2D eigenvalue weighted by Crippen LogP contribution is -2.12. The SMILES string of the molecule is NS(=O)(=O)c1ccc(S(=O)(=O)CF)cc1. The van der Waals surface area contributed by atoms with Crippen LogP contribution in [-0.2, 0) is 19.9 Å². The molecule has 0 saturated heterocycles. The molecule has 0 bridgehead atoms. The number of sulfone groups is 1. The van der Waals surface area contributed by atoms with Crippen LogP contribution in [0.2, 0.25) is 0 Å². The Morgan fingerprint density at radius 1 is 1.00 bits per heavy atom. The fraction of sp³-hybridized carbons (Fsp3) is 0.143. The number of nitrogens with two attached hydrogens (primary N) is 1. The quantitative estimate of drug-likeness (QED) is 0.822. The summed E-state index contributed by atoms with van der Waals surface area (Å²) in [5, 5.41) is 4.80. The van der Waals surface area contributed by atoms with Gasteiger partial charge in [0.25, 0.3) is 0 Å². The Hall–Kier alpha value is -0.990. The molecule has 0 radical (unpaired) electrons. The molecule has 15 heavy (non-hydrogen) atoms. The topological polar surface area (TPSA) is 94.3 Å². The van der Waals surface area contributed by atoms with Crippen molar-refractivity contribution in [3.63, 3.8) is 0 Å². The number of rotatable bonds is 3. The summed E-state index contributed by atoms with van der Waals surface area (Å²) in [6, 6.07) is 2.49. The minimum absolute atomic E-state index is 0.222. The summed E-state index contributed by atoms with van der Waals surface area (Å²) in [6.45, 7) is 0. The van der Waals surface area contributed by atoms with Crippen LogP contribution in [0.4, 0.5) is 4.39 Å². The minimum Gasteiger partial charge on any atom is -0.233 e. The standard InChI is InChI=1S/C7H8FNO4S2/c8-5-14(10,11)6-1-3-7(4-2-6)15(9,12)13/h1-4H,5H2,(H2,9,12,13). The highest BCUT2D eigenvalue weighted by molar-refractivity contribution is 7.91. The number of primary sulfonamides is 1. The molecule has 0 unspecified atom stereocenters. The molecule has 1 rings (SSSR count). The maximum atomic E-state index is 12.1. The second-order valence-corrected chi connectivity index (χ2v) is 6.22. The summed E-state index contributed by atoms with van der Waals surface area (Å²) < 4.78 is 55.7. The molecule has 1 aromatic rings. The minimum atomic E-state index is -3.96. The van der Waals surface area contributed by atoms with Gasteiger partial charge in [-0.15, -0.1) is 0 Å². The average Bonchev–Trinajstić information content (AvgIpc) is 2.17. The van der Waals surface area contributed by atoms with Crippen LogP contribution in [0, 0.1) is 0 Å². The van der Waals surface area contributed by atoms with Crippen molar-refractivity contribution in [1.29, 1.82) is 0 Å². The Morgan fingerprint density at radius 2 is 1.40 bits per heavy atom. The monoisotopic (exact) mass is 253 g/mol. The van der Waals surface area contributed by atoms with Crippen LogP contribution in [0.1, 0.15) is 0 Å². The molecular formula is C7H8FNO4S2. The molecular weight excluding hydrogens is 245 g/mol. The van der Waals surface area contributed by atoms with Crippen molar-refractivity contribution in [3.05, 3.63) is 24.3 Å². The first kappa shape index (κ1) is 12.1. The Bertz CT molecular complexity index is 547. The van der Waals surface area contributed by atoms with Crippen LogP contribution < -0.4 is 5.14 Å². The maximum Gasteiger partial charge on any atom is 0.238 e. The molecule has 8 heteroatoms. The van der Waals surface area contributed by atoms with Crippen molar-refractivity contribution in [2.75, 3.05) is 6.01 Å². The van der Waals surface area contributed by atoms with Crippen LogP contribution in [0.5, 0.6) is 0 Å². The predicted octanol–water partition coefficient (Wildman–Crippen LogP) is 0.0347. The van der Waals surface area contributed by atoms with Crippen molar-refractivity contribution in [2.45, 2.75) is 9.79 Å². The van der Waals surface area contributed by atoms with Gasteiger partial charge in [0.15, 0.2) is 6.01 Å². The first-order valence-electron chi connectivity index (χ1n) is 3.69. The molecule has 2 N–H and O–H groups in total. The van der Waals surface area contributed by atoms with Gasteiger partial charge in [-0.2, -0.15) is 0 Å². The van der Waals surface area contributed by atoms with Gasteiger partial charge in [0.05, 0.1) is 9.79 Å². The highest BCUT2D eigenvalue weighted by Crippen LogP contribution is 2.14. The first-order chi connectivity index (χ1) is 6.77. The van der Waals surface area contributed by atoms with E-state index in [0.29, 0.717) is 0 Å². The third kappa shape index (κ3) is 2.74. The molecule has 0 heterocycles. The van der Waals surface area contributed by atoms with Crippen LogP contribution in [-0.4, -0.2) is 22.8 Å². The Balaban J connectivity index is 3.24. The van der Waals surface area contributed by atoms with Gasteiger partial charge in [0, 0.05) is 0 Å². The fourth-order valence-corrected chi connectivity index (χ4v) is 2.09. The average molecular weight is 253 g/mol. The summed E-state index contributed by atoms with van der Waals surface area (Å²) >= 11 is 0. The first-order valence-corrected chi connectivity index (χ1v) is 6.89. The van der Waals surface area contributed by atoms with E-state index in [9.17, 15) is 21.2 Å². The largest absolute Gasteiger partial charge is 0.238 e. The zero-order chi connectivity index (χ0) is 11.7. The third-order valence-electron chi connectivity index (χ3n) is 1.66. The smallest absolute Gasteiger partial charge is 0.233 e. The van der Waals surface area contributed by atoms with E-state index in [4.69, 9.17) is 5.14 Å². The van der Waals surface area contributed by atoms with E-state index in [1.54, 1.807) is 0 Å². The number of hydrogen-bond donors (Lipinski definition) is 1. The molecule has 0 aromatic heterocycles.